The Bertz CT molecular complexity index is 1080. The molecule has 9 nitrogen and oxygen atoms in total. The van der Waals surface area contributed by atoms with E-state index >= 15 is 0 Å². The Morgan fingerprint density at radius 2 is 1.91 bits per heavy atom. The molecular formula is C24H35N5O4. The summed E-state index contributed by atoms with van der Waals surface area (Å²) in [5.41, 5.74) is 0.699. The molecule has 2 saturated heterocycles. The topological polar surface area (TPSA) is 99.3 Å². The minimum Gasteiger partial charge on any atom is -0.390 e. The number of aromatic nitrogens is 2. The number of fused-ring (bicyclic) bond motifs is 3. The van der Waals surface area contributed by atoms with Crippen molar-refractivity contribution in [3.8, 4) is 0 Å². The Kier molecular flexibility index (Phi) is 6.63. The van der Waals surface area contributed by atoms with Gasteiger partial charge < -0.3 is 15.3 Å². The van der Waals surface area contributed by atoms with Gasteiger partial charge in [-0.15, -0.1) is 0 Å². The standard InChI is InChI=1S/C24H35N5O4/c1-15(2)29-24(33)22(12-20-6-5-9-28(20)29)23(32)25-17-10-18-7-8-19(11-17)27(18)14-21(31)13-26(4)16(3)30/h5-6,9,12,15,17-19,21,31H,7-8,10-11,13-14H2,1-4H3,(H,25,32)/t17?,18?,19?,21-/m0/s1. The quantitative estimate of drug-likeness (QED) is 0.652. The predicted octanol–water partition coefficient (Wildman–Crippen LogP) is 1.25. The number of piperidine rings is 1. The Labute approximate surface area is 193 Å². The van der Waals surface area contributed by atoms with Crippen LogP contribution in [0, 0.1) is 0 Å². The molecule has 2 bridgehead atoms. The van der Waals surface area contributed by atoms with Crippen LogP contribution in [0.1, 0.15) is 62.9 Å². The van der Waals surface area contributed by atoms with Crippen LogP contribution in [0.5, 0.6) is 0 Å². The highest BCUT2D eigenvalue weighted by Gasteiger charge is 2.42. The molecule has 9 heteroatoms. The Balaban J connectivity index is 1.43. The first-order valence-electron chi connectivity index (χ1n) is 11.8. The lowest BCUT2D eigenvalue weighted by molar-refractivity contribution is -0.129. The number of hydrogen-bond donors (Lipinski definition) is 2. The molecule has 3 atom stereocenters. The van der Waals surface area contributed by atoms with Crippen LogP contribution < -0.4 is 10.9 Å². The number of carbonyl (C=O) groups excluding carboxylic acids is 2. The van der Waals surface area contributed by atoms with Crippen LogP contribution in [0.25, 0.3) is 5.52 Å². The predicted molar refractivity (Wildman–Crippen MR) is 125 cm³/mol. The first kappa shape index (κ1) is 23.5. The Morgan fingerprint density at radius 1 is 1.24 bits per heavy atom. The fourth-order valence-corrected chi connectivity index (χ4v) is 5.47. The molecule has 0 aliphatic carbocycles. The minimum atomic E-state index is -0.601. The molecule has 2 aromatic heterocycles. The molecule has 2 aliphatic rings. The molecule has 0 saturated carbocycles. The lowest BCUT2D eigenvalue weighted by atomic mass is 9.96. The SMILES string of the molecule is CC(=O)N(C)C[C@H](O)CN1C2CCC1CC(NC(=O)c1cc3cccn3n(C(C)C)c1=O)C2. The third kappa shape index (κ3) is 4.70. The van der Waals surface area contributed by atoms with Gasteiger partial charge in [0.1, 0.15) is 5.56 Å². The molecule has 2 unspecified atom stereocenters. The van der Waals surface area contributed by atoms with E-state index in [-0.39, 0.29) is 47.1 Å². The molecule has 0 radical (unpaired) electrons. The summed E-state index contributed by atoms with van der Waals surface area (Å²) in [4.78, 5) is 41.5. The van der Waals surface area contributed by atoms with Gasteiger partial charge in [-0.3, -0.25) is 23.8 Å². The first-order chi connectivity index (χ1) is 15.7. The second-order valence-corrected chi connectivity index (χ2v) is 9.86. The van der Waals surface area contributed by atoms with E-state index in [0.717, 1.165) is 31.2 Å². The van der Waals surface area contributed by atoms with E-state index in [9.17, 15) is 19.5 Å². The zero-order chi connectivity index (χ0) is 23.9. The Morgan fingerprint density at radius 3 is 2.52 bits per heavy atom. The lowest BCUT2D eigenvalue weighted by Crippen LogP contribution is -2.53. The summed E-state index contributed by atoms with van der Waals surface area (Å²) in [6.45, 7) is 6.19. The van der Waals surface area contributed by atoms with Crippen LogP contribution in [0.3, 0.4) is 0 Å². The highest BCUT2D eigenvalue weighted by molar-refractivity contribution is 5.95. The minimum absolute atomic E-state index is 0.00167. The molecule has 4 rings (SSSR count). The van der Waals surface area contributed by atoms with Gasteiger partial charge in [0.25, 0.3) is 11.5 Å². The third-order valence-corrected chi connectivity index (χ3v) is 7.12. The van der Waals surface area contributed by atoms with Gasteiger partial charge in [0.05, 0.1) is 11.6 Å². The number of rotatable bonds is 7. The number of hydrogen-bond acceptors (Lipinski definition) is 5. The van der Waals surface area contributed by atoms with E-state index in [0.29, 0.717) is 13.1 Å². The summed E-state index contributed by atoms with van der Waals surface area (Å²) in [6, 6.07) is 5.92. The number of aliphatic hydroxyl groups excluding tert-OH is 1. The molecule has 2 amide bonds. The van der Waals surface area contributed by atoms with Crippen LogP contribution >= 0.6 is 0 Å². The van der Waals surface area contributed by atoms with Gasteiger partial charge in [0.15, 0.2) is 0 Å². The second-order valence-electron chi connectivity index (χ2n) is 9.86. The maximum absolute atomic E-state index is 13.1. The van der Waals surface area contributed by atoms with E-state index in [1.807, 2.05) is 32.2 Å². The van der Waals surface area contributed by atoms with Crippen molar-refractivity contribution in [3.05, 3.63) is 40.3 Å². The number of carbonyl (C=O) groups is 2. The molecule has 2 N–H and O–H groups in total. The van der Waals surface area contributed by atoms with E-state index in [2.05, 4.69) is 10.2 Å². The third-order valence-electron chi connectivity index (χ3n) is 7.12. The van der Waals surface area contributed by atoms with Gasteiger partial charge in [-0.2, -0.15) is 0 Å². The van der Waals surface area contributed by atoms with Gasteiger partial charge in [-0.05, 0) is 57.7 Å². The summed E-state index contributed by atoms with van der Waals surface area (Å²) >= 11 is 0. The van der Waals surface area contributed by atoms with Crippen molar-refractivity contribution >= 4 is 17.3 Å². The van der Waals surface area contributed by atoms with Crippen LogP contribution in [0.4, 0.5) is 0 Å². The molecule has 33 heavy (non-hydrogen) atoms. The molecule has 2 aliphatic heterocycles. The van der Waals surface area contributed by atoms with E-state index < -0.39 is 6.10 Å². The van der Waals surface area contributed by atoms with Crippen molar-refractivity contribution in [1.29, 1.82) is 0 Å². The molecule has 180 valence electrons. The van der Waals surface area contributed by atoms with Crippen LogP contribution in [-0.2, 0) is 4.79 Å². The number of nitrogens with one attached hydrogen (secondary N) is 1. The van der Waals surface area contributed by atoms with Gasteiger partial charge in [0.2, 0.25) is 5.91 Å². The van der Waals surface area contributed by atoms with Crippen molar-refractivity contribution in [2.24, 2.45) is 0 Å². The number of aliphatic hydroxyl groups is 1. The number of amides is 2. The molecule has 2 fully saturated rings. The molecular weight excluding hydrogens is 422 g/mol. The second kappa shape index (κ2) is 9.30. The lowest BCUT2D eigenvalue weighted by Gasteiger charge is -2.40. The summed E-state index contributed by atoms with van der Waals surface area (Å²) in [5, 5.41) is 13.6. The van der Waals surface area contributed by atoms with E-state index in [1.165, 1.54) is 11.8 Å². The summed E-state index contributed by atoms with van der Waals surface area (Å²) in [5.74, 6) is -0.382. The highest BCUT2D eigenvalue weighted by Crippen LogP contribution is 2.35. The maximum atomic E-state index is 13.1. The van der Waals surface area contributed by atoms with Gasteiger partial charge in [0, 0.05) is 57.4 Å². The van der Waals surface area contributed by atoms with Gasteiger partial charge >= 0.3 is 0 Å². The van der Waals surface area contributed by atoms with Crippen molar-refractivity contribution in [1.82, 2.24) is 24.3 Å². The van der Waals surface area contributed by atoms with Gasteiger partial charge in [-0.1, -0.05) is 0 Å². The highest BCUT2D eigenvalue weighted by atomic mass is 16.3. The largest absolute Gasteiger partial charge is 0.390 e. The normalized spacial score (nSPS) is 23.8. The zero-order valence-corrected chi connectivity index (χ0v) is 19.9. The van der Waals surface area contributed by atoms with Crippen LogP contribution in [0.2, 0.25) is 0 Å². The average Bonchev–Trinajstić information content (AvgIpc) is 3.28. The molecule has 0 spiro atoms. The van der Waals surface area contributed by atoms with Crippen molar-refractivity contribution in [2.75, 3.05) is 20.1 Å². The van der Waals surface area contributed by atoms with Crippen molar-refractivity contribution < 1.29 is 14.7 Å². The maximum Gasteiger partial charge on any atom is 0.278 e. The van der Waals surface area contributed by atoms with Crippen LogP contribution in [-0.4, -0.2) is 80.3 Å². The Hall–Kier alpha value is -2.65. The van der Waals surface area contributed by atoms with Crippen LogP contribution in [0.15, 0.2) is 29.2 Å². The number of nitrogens with zero attached hydrogens (tertiary/aromatic N) is 4. The summed E-state index contributed by atoms with van der Waals surface area (Å²) in [7, 11) is 1.69. The van der Waals surface area contributed by atoms with Gasteiger partial charge in [-0.25, -0.2) is 4.68 Å². The number of likely N-dealkylation sites (N-methyl/N-ethyl adjacent to an activating group) is 1. The fourth-order valence-electron chi connectivity index (χ4n) is 5.47. The zero-order valence-electron chi connectivity index (χ0n) is 19.9. The molecule has 0 aromatic carbocycles. The molecule has 4 heterocycles. The summed E-state index contributed by atoms with van der Waals surface area (Å²) < 4.78 is 3.40. The molecule has 2 aromatic rings. The van der Waals surface area contributed by atoms with Crippen molar-refractivity contribution in [3.63, 3.8) is 0 Å². The summed E-state index contributed by atoms with van der Waals surface area (Å²) in [6.07, 6.45) is 4.88. The van der Waals surface area contributed by atoms with E-state index in [4.69, 9.17) is 0 Å². The smallest absolute Gasteiger partial charge is 0.278 e. The first-order valence-corrected chi connectivity index (χ1v) is 11.8. The van der Waals surface area contributed by atoms with E-state index in [1.54, 1.807) is 22.3 Å². The van der Waals surface area contributed by atoms with Crippen molar-refractivity contribution in [2.45, 2.75) is 76.7 Å². The average molecular weight is 458 g/mol. The monoisotopic (exact) mass is 457 g/mol. The fraction of sp³-hybridized carbons (Fsp3) is 0.625.